The number of ether oxygens (including phenoxy) is 4. The van der Waals surface area contributed by atoms with E-state index in [0.717, 1.165) is 11.8 Å². The minimum absolute atomic E-state index is 0.0170. The Morgan fingerprint density at radius 2 is 1.84 bits per heavy atom. The van der Waals surface area contributed by atoms with Crippen LogP contribution in [0.5, 0.6) is 11.6 Å². The number of nitrogens with one attached hydrogen (secondary N) is 3. The van der Waals surface area contributed by atoms with Crippen LogP contribution in [0, 0.1) is 23.7 Å². The number of methoxy groups -OCH3 is 1. The highest BCUT2D eigenvalue weighted by molar-refractivity contribution is 7.91. The number of benzene rings is 1. The van der Waals surface area contributed by atoms with Gasteiger partial charge in [-0.3, -0.25) is 19.1 Å². The fourth-order valence-corrected chi connectivity index (χ4v) is 9.89. The van der Waals surface area contributed by atoms with Gasteiger partial charge in [0, 0.05) is 23.1 Å². The number of carbonyl (C=O) groups is 4. The number of hydrogen-bond donors (Lipinski definition) is 3. The van der Waals surface area contributed by atoms with Gasteiger partial charge in [-0.1, -0.05) is 58.0 Å². The van der Waals surface area contributed by atoms with Crippen LogP contribution in [-0.4, -0.2) is 110 Å². The summed E-state index contributed by atoms with van der Waals surface area (Å²) in [5.41, 5.74) is -2.50. The van der Waals surface area contributed by atoms with Crippen LogP contribution in [0.2, 0.25) is 0 Å². The summed E-state index contributed by atoms with van der Waals surface area (Å²) in [7, 11) is -2.86. The topological polar surface area (TPSA) is 192 Å². The molecule has 4 amide bonds. The maximum atomic E-state index is 14.9. The first-order valence-electron chi connectivity index (χ1n) is 20.1. The molecule has 2 saturated carbocycles. The van der Waals surface area contributed by atoms with Crippen LogP contribution >= 0.6 is 0 Å². The molecule has 2 saturated heterocycles. The largest absolute Gasteiger partial charge is 0.494 e. The van der Waals surface area contributed by atoms with E-state index in [1.54, 1.807) is 0 Å². The number of amides is 4. The van der Waals surface area contributed by atoms with Crippen molar-refractivity contribution in [3.8, 4) is 11.6 Å². The van der Waals surface area contributed by atoms with E-state index < -0.39 is 86.4 Å². The first-order chi connectivity index (χ1) is 27.6. The molecule has 3 N–H and O–H groups in total. The summed E-state index contributed by atoms with van der Waals surface area (Å²) in [5.74, 6) is -2.30. The van der Waals surface area contributed by atoms with E-state index in [2.05, 4.69) is 27.3 Å². The number of allylic oxidation sites excluding steroid dienone is 1. The number of halogens is 1. The van der Waals surface area contributed by atoms with Gasteiger partial charge in [-0.05, 0) is 62.3 Å². The van der Waals surface area contributed by atoms with Crippen molar-refractivity contribution < 1.29 is 50.9 Å². The first-order valence-corrected chi connectivity index (χ1v) is 21.6. The van der Waals surface area contributed by atoms with Crippen LogP contribution in [0.15, 0.2) is 42.6 Å². The monoisotopic (exact) mass is 827 g/mol. The summed E-state index contributed by atoms with van der Waals surface area (Å²) in [6, 6.07) is 5.05. The molecule has 1 aromatic heterocycles. The number of fused-ring (bicyclic) bond motifs is 3. The molecule has 5 aliphatic rings. The Morgan fingerprint density at radius 1 is 1.12 bits per heavy atom. The average Bonchev–Trinajstić information content (AvgIpc) is 4.08. The van der Waals surface area contributed by atoms with E-state index in [0.29, 0.717) is 24.0 Å². The lowest BCUT2D eigenvalue weighted by atomic mass is 9.87. The number of sulfonamides is 1. The Kier molecular flexibility index (Phi) is 11.4. The van der Waals surface area contributed by atoms with Crippen molar-refractivity contribution in [3.05, 3.63) is 42.6 Å². The van der Waals surface area contributed by atoms with Crippen LogP contribution in [-0.2, 0) is 33.9 Å². The summed E-state index contributed by atoms with van der Waals surface area (Å²) in [4.78, 5) is 63.0. The Labute approximate surface area is 338 Å². The molecule has 58 heavy (non-hydrogen) atoms. The number of alkyl halides is 1. The molecule has 3 aliphatic heterocycles. The van der Waals surface area contributed by atoms with Crippen molar-refractivity contribution in [2.24, 2.45) is 23.7 Å². The molecule has 316 valence electrons. The molecular formula is C41H54FN5O10S. The highest BCUT2D eigenvalue weighted by Crippen LogP contribution is 2.48. The van der Waals surface area contributed by atoms with E-state index in [9.17, 15) is 32.0 Å². The molecular weight excluding hydrogens is 774 g/mol. The molecule has 1 aromatic carbocycles. The van der Waals surface area contributed by atoms with Gasteiger partial charge in [-0.2, -0.15) is 0 Å². The van der Waals surface area contributed by atoms with Crippen molar-refractivity contribution in [3.63, 3.8) is 0 Å². The molecule has 0 spiro atoms. The van der Waals surface area contributed by atoms with Crippen LogP contribution in [0.4, 0.5) is 9.18 Å². The molecule has 4 fully saturated rings. The summed E-state index contributed by atoms with van der Waals surface area (Å²) < 4.78 is 64.0. The number of carbonyl (C=O) groups excluding carboxylic acids is 4. The predicted octanol–water partition coefficient (Wildman–Crippen LogP) is 3.95. The maximum Gasteiger partial charge on any atom is 0.408 e. The SMILES string of the molecule is COc1cnc(O[C@@H]2C[C@H]3C(=O)N[C@]4(C(=O)NS(=O)(=O)C5(CF)CC5)C[C@H]4/C=C\CC[C@H](C)C[C@@H](C)[C@H](NC(=O)OC4(C(C)C)COC4)C(=O)N3C2)c2ccccc12. The van der Waals surface area contributed by atoms with Gasteiger partial charge in [-0.15, -0.1) is 0 Å². The zero-order valence-electron chi connectivity index (χ0n) is 33.6. The van der Waals surface area contributed by atoms with Gasteiger partial charge in [0.1, 0.15) is 40.9 Å². The fourth-order valence-electron chi connectivity index (χ4n) is 8.46. The Balaban J connectivity index is 1.22. The molecule has 0 unspecified atom stereocenters. The number of rotatable bonds is 10. The van der Waals surface area contributed by atoms with Crippen molar-refractivity contribution in [2.75, 3.05) is 33.5 Å². The highest BCUT2D eigenvalue weighted by Gasteiger charge is 2.64. The van der Waals surface area contributed by atoms with Crippen LogP contribution < -0.4 is 24.8 Å². The van der Waals surface area contributed by atoms with Crippen LogP contribution in [0.25, 0.3) is 10.8 Å². The number of nitrogens with zero attached hydrogens (tertiary/aromatic N) is 2. The number of aromatic nitrogens is 1. The third kappa shape index (κ3) is 7.83. The van der Waals surface area contributed by atoms with E-state index in [4.69, 9.17) is 18.9 Å². The van der Waals surface area contributed by atoms with E-state index in [1.165, 1.54) is 18.2 Å². The summed E-state index contributed by atoms with van der Waals surface area (Å²) in [5, 5.41) is 7.08. The second-order valence-corrected chi connectivity index (χ2v) is 19.3. The Hall–Kier alpha value is -4.51. The normalized spacial score (nSPS) is 31.0. The van der Waals surface area contributed by atoms with Gasteiger partial charge in [0.15, 0.2) is 5.60 Å². The molecule has 2 aliphatic carbocycles. The smallest absolute Gasteiger partial charge is 0.408 e. The standard InChI is InChI=1S/C41H54FN5O10S/c1-24(2)40(22-55-23-40)57-38(51)44-33-26(4)16-25(3)10-6-7-11-27-18-41(27,37(50)46-58(52,53)39(21-42)14-15-39)45-34(48)31-17-28(20-47(31)36(33)49)56-35-30-13-9-8-12-29(30)32(54-5)19-43-35/h7-9,11-13,19,24-28,31,33H,6,10,14-18,20-23H2,1-5H3,(H,44,51)(H,45,48)(H,46,50)/b11-7-/t25-,26+,27+,28+,31-,33-,41+/m0/s1. The molecule has 0 bridgehead atoms. The predicted molar refractivity (Wildman–Crippen MR) is 210 cm³/mol. The zero-order chi connectivity index (χ0) is 41.6. The van der Waals surface area contributed by atoms with Gasteiger partial charge in [-0.25, -0.2) is 22.6 Å². The summed E-state index contributed by atoms with van der Waals surface area (Å²) in [6.45, 7) is 7.03. The third-order valence-electron chi connectivity index (χ3n) is 12.8. The minimum Gasteiger partial charge on any atom is -0.494 e. The quantitative estimate of drug-likeness (QED) is 0.294. The van der Waals surface area contributed by atoms with Gasteiger partial charge >= 0.3 is 6.09 Å². The third-order valence-corrected chi connectivity index (χ3v) is 14.9. The molecule has 7 atom stereocenters. The van der Waals surface area contributed by atoms with Crippen molar-refractivity contribution in [1.29, 1.82) is 0 Å². The van der Waals surface area contributed by atoms with Crippen LogP contribution in [0.3, 0.4) is 0 Å². The summed E-state index contributed by atoms with van der Waals surface area (Å²) >= 11 is 0. The number of hydrogen-bond acceptors (Lipinski definition) is 11. The van der Waals surface area contributed by atoms with Crippen molar-refractivity contribution in [1.82, 2.24) is 25.2 Å². The Bertz CT molecular complexity index is 2070. The maximum absolute atomic E-state index is 14.9. The van der Waals surface area contributed by atoms with Gasteiger partial charge in [0.2, 0.25) is 27.7 Å². The second-order valence-electron chi connectivity index (χ2n) is 17.2. The molecule has 0 radical (unpaired) electrons. The number of alkyl carbamates (subject to hydrolysis) is 1. The lowest BCUT2D eigenvalue weighted by Gasteiger charge is -2.44. The van der Waals surface area contributed by atoms with Crippen molar-refractivity contribution in [2.45, 2.75) is 107 Å². The highest BCUT2D eigenvalue weighted by atomic mass is 32.2. The van der Waals surface area contributed by atoms with Crippen molar-refractivity contribution >= 4 is 44.6 Å². The van der Waals surface area contributed by atoms with E-state index in [-0.39, 0.29) is 63.2 Å². The second kappa shape index (κ2) is 15.9. The molecule has 17 heteroatoms. The first kappa shape index (κ1) is 41.6. The lowest BCUT2D eigenvalue weighted by Crippen LogP contribution is -2.61. The zero-order valence-corrected chi connectivity index (χ0v) is 34.4. The van der Waals surface area contributed by atoms with Crippen LogP contribution in [0.1, 0.15) is 72.6 Å². The fraction of sp³-hybridized carbons (Fsp3) is 0.634. The van der Waals surface area contributed by atoms with Gasteiger partial charge in [0.25, 0.3) is 5.91 Å². The molecule has 4 heterocycles. The van der Waals surface area contributed by atoms with E-state index in [1.807, 2.05) is 57.2 Å². The summed E-state index contributed by atoms with van der Waals surface area (Å²) in [6.07, 6.45) is 5.85. The lowest BCUT2D eigenvalue weighted by molar-refractivity contribution is -0.200. The van der Waals surface area contributed by atoms with Gasteiger partial charge < -0.3 is 34.5 Å². The van der Waals surface area contributed by atoms with E-state index >= 15 is 0 Å². The minimum atomic E-state index is -4.39. The Morgan fingerprint density at radius 3 is 2.48 bits per heavy atom. The molecule has 15 nitrogen and oxygen atoms in total. The molecule has 7 rings (SSSR count). The average molecular weight is 828 g/mol. The number of pyridine rings is 1. The van der Waals surface area contributed by atoms with Gasteiger partial charge in [0.05, 0.1) is 33.1 Å². The molecule has 2 aromatic rings.